The minimum absolute atomic E-state index is 0.0629. The molecule has 124 valence electrons. The first kappa shape index (κ1) is 16.0. The first-order chi connectivity index (χ1) is 11.5. The first-order valence-corrected chi connectivity index (χ1v) is 7.80. The normalized spacial score (nSPS) is 11.0. The topological polar surface area (TPSA) is 66.1 Å². The Hall–Kier alpha value is -2.89. The minimum Gasteiger partial charge on any atom is -0.462 e. The summed E-state index contributed by atoms with van der Waals surface area (Å²) >= 11 is 0. The largest absolute Gasteiger partial charge is 0.462 e. The maximum Gasteiger partial charge on any atom is 0.338 e. The molecule has 24 heavy (non-hydrogen) atoms. The van der Waals surface area contributed by atoms with Crippen LogP contribution in [-0.2, 0) is 11.3 Å². The third kappa shape index (κ3) is 2.71. The number of aromatic nitrogens is 3. The number of ether oxygens (including phenoxy) is 1. The number of imidazole rings is 1. The molecule has 6 nitrogen and oxygen atoms in total. The van der Waals surface area contributed by atoms with Crippen molar-refractivity contribution in [3.63, 3.8) is 0 Å². The molecule has 0 atom stereocenters. The van der Waals surface area contributed by atoms with Gasteiger partial charge < -0.3 is 9.30 Å². The van der Waals surface area contributed by atoms with Crippen LogP contribution in [0.15, 0.2) is 36.9 Å². The lowest BCUT2D eigenvalue weighted by molar-refractivity contribution is 0.0526. The predicted molar refractivity (Wildman–Crippen MR) is 90.3 cm³/mol. The molecule has 0 radical (unpaired) electrons. The Bertz CT molecular complexity index is 907. The number of rotatable bonds is 4. The van der Waals surface area contributed by atoms with Crippen LogP contribution in [0.25, 0.3) is 10.9 Å². The van der Waals surface area contributed by atoms with Crippen molar-refractivity contribution in [2.24, 2.45) is 0 Å². The summed E-state index contributed by atoms with van der Waals surface area (Å²) in [6, 6.07) is 5.28. The molecule has 3 aromatic rings. The fourth-order valence-electron chi connectivity index (χ4n) is 2.94. The van der Waals surface area contributed by atoms with Gasteiger partial charge in [0.1, 0.15) is 0 Å². The summed E-state index contributed by atoms with van der Waals surface area (Å²) in [7, 11) is 0. The summed E-state index contributed by atoms with van der Waals surface area (Å²) in [4.78, 5) is 28.2. The maximum atomic E-state index is 12.2. The number of hydrogen-bond donors (Lipinski definition) is 0. The molecule has 1 aromatic carbocycles. The standard InChI is InChI=1S/C18H19N3O3/c1-4-24-18(23)14-5-6-16-15(9-14)12(2)17(21(16)13(3)22)10-20-8-7-19-11-20/h5-9,11H,4,10H2,1-3H3. The van der Waals surface area contributed by atoms with Crippen molar-refractivity contribution in [2.75, 3.05) is 6.61 Å². The highest BCUT2D eigenvalue weighted by Gasteiger charge is 2.19. The van der Waals surface area contributed by atoms with Crippen molar-refractivity contribution in [2.45, 2.75) is 27.3 Å². The van der Waals surface area contributed by atoms with Crippen molar-refractivity contribution in [3.05, 3.63) is 53.7 Å². The van der Waals surface area contributed by atoms with Gasteiger partial charge in [-0.05, 0) is 37.6 Å². The number of esters is 1. The molecule has 0 amide bonds. The summed E-state index contributed by atoms with van der Waals surface area (Å²) in [5.41, 5.74) is 3.14. The predicted octanol–water partition coefficient (Wildman–Crippen LogP) is 3.03. The van der Waals surface area contributed by atoms with E-state index in [1.165, 1.54) is 6.92 Å². The van der Waals surface area contributed by atoms with Gasteiger partial charge in [0.05, 0.1) is 30.6 Å². The molecule has 3 rings (SSSR count). The van der Waals surface area contributed by atoms with E-state index >= 15 is 0 Å². The number of carbonyl (C=O) groups is 2. The lowest BCUT2D eigenvalue weighted by Crippen LogP contribution is -2.12. The molecule has 2 aromatic heterocycles. The van der Waals surface area contributed by atoms with Gasteiger partial charge in [-0.3, -0.25) is 9.36 Å². The summed E-state index contributed by atoms with van der Waals surface area (Å²) in [5.74, 6) is -0.419. The van der Waals surface area contributed by atoms with E-state index in [-0.39, 0.29) is 11.9 Å². The summed E-state index contributed by atoms with van der Waals surface area (Å²) in [6.45, 7) is 6.14. The zero-order valence-corrected chi connectivity index (χ0v) is 13.9. The molecule has 0 unspecified atom stereocenters. The molecule has 0 aliphatic rings. The second-order valence-electron chi connectivity index (χ2n) is 5.61. The molecule has 0 fully saturated rings. The molecule has 0 aliphatic heterocycles. The molecule has 0 saturated carbocycles. The quantitative estimate of drug-likeness (QED) is 0.692. The Kier molecular flexibility index (Phi) is 4.20. The number of benzene rings is 1. The van der Waals surface area contributed by atoms with Gasteiger partial charge in [-0.25, -0.2) is 9.78 Å². The van der Waals surface area contributed by atoms with Crippen LogP contribution in [0.3, 0.4) is 0 Å². The van der Waals surface area contributed by atoms with Crippen molar-refractivity contribution < 1.29 is 14.3 Å². The van der Waals surface area contributed by atoms with E-state index in [1.807, 2.05) is 17.7 Å². The van der Waals surface area contributed by atoms with Gasteiger partial charge in [0.15, 0.2) is 0 Å². The monoisotopic (exact) mass is 325 g/mol. The Labute approximate surface area is 139 Å². The molecule has 0 bridgehead atoms. The second kappa shape index (κ2) is 6.31. The van der Waals surface area contributed by atoms with Crippen LogP contribution >= 0.6 is 0 Å². The third-order valence-corrected chi connectivity index (χ3v) is 4.06. The van der Waals surface area contributed by atoms with E-state index in [4.69, 9.17) is 4.74 Å². The van der Waals surface area contributed by atoms with E-state index in [9.17, 15) is 9.59 Å². The Morgan fingerprint density at radius 3 is 2.71 bits per heavy atom. The molecular weight excluding hydrogens is 306 g/mol. The van der Waals surface area contributed by atoms with Crippen LogP contribution in [0.5, 0.6) is 0 Å². The van der Waals surface area contributed by atoms with Crippen molar-refractivity contribution in [1.82, 2.24) is 14.1 Å². The lowest BCUT2D eigenvalue weighted by Gasteiger charge is -2.08. The van der Waals surface area contributed by atoms with Gasteiger partial charge in [-0.1, -0.05) is 0 Å². The highest BCUT2D eigenvalue weighted by atomic mass is 16.5. The number of nitrogens with zero attached hydrogens (tertiary/aromatic N) is 3. The van der Waals surface area contributed by atoms with E-state index in [1.54, 1.807) is 42.2 Å². The average Bonchev–Trinajstić information content (AvgIpc) is 3.15. The number of hydrogen-bond acceptors (Lipinski definition) is 4. The summed E-state index contributed by atoms with van der Waals surface area (Å²) in [5, 5.41) is 0.880. The van der Waals surface area contributed by atoms with Gasteiger partial charge in [0, 0.05) is 30.4 Å². The summed E-state index contributed by atoms with van der Waals surface area (Å²) < 4.78 is 8.67. The van der Waals surface area contributed by atoms with Gasteiger partial charge in [-0.15, -0.1) is 0 Å². The highest BCUT2D eigenvalue weighted by molar-refractivity contribution is 6.00. The van der Waals surface area contributed by atoms with Crippen molar-refractivity contribution >= 4 is 22.8 Å². The zero-order valence-electron chi connectivity index (χ0n) is 13.9. The average molecular weight is 325 g/mol. The van der Waals surface area contributed by atoms with E-state index in [2.05, 4.69) is 4.98 Å². The SMILES string of the molecule is CCOC(=O)c1ccc2c(c1)c(C)c(Cn1ccnc1)n2C(C)=O. The third-order valence-electron chi connectivity index (χ3n) is 4.06. The molecule has 0 aliphatic carbocycles. The Balaban J connectivity index is 2.16. The lowest BCUT2D eigenvalue weighted by atomic mass is 10.1. The van der Waals surface area contributed by atoms with Crippen LogP contribution in [0.4, 0.5) is 0 Å². The number of fused-ring (bicyclic) bond motifs is 1. The fourth-order valence-corrected chi connectivity index (χ4v) is 2.94. The number of aryl methyl sites for hydroxylation is 1. The van der Waals surface area contributed by atoms with Crippen LogP contribution in [-0.4, -0.2) is 32.6 Å². The van der Waals surface area contributed by atoms with Crippen LogP contribution < -0.4 is 0 Å². The van der Waals surface area contributed by atoms with E-state index in [0.29, 0.717) is 18.7 Å². The molecular formula is C18H19N3O3. The maximum absolute atomic E-state index is 12.2. The Morgan fingerprint density at radius 1 is 1.29 bits per heavy atom. The second-order valence-corrected chi connectivity index (χ2v) is 5.61. The van der Waals surface area contributed by atoms with Crippen molar-refractivity contribution in [1.29, 1.82) is 0 Å². The van der Waals surface area contributed by atoms with E-state index < -0.39 is 0 Å². The molecule has 0 spiro atoms. The Morgan fingerprint density at radius 2 is 2.08 bits per heavy atom. The minimum atomic E-state index is -0.356. The fraction of sp³-hybridized carbons (Fsp3) is 0.278. The molecule has 2 heterocycles. The van der Waals surface area contributed by atoms with E-state index in [0.717, 1.165) is 22.2 Å². The first-order valence-electron chi connectivity index (χ1n) is 7.80. The molecule has 0 saturated heterocycles. The van der Waals surface area contributed by atoms with Crippen LogP contribution in [0.1, 0.15) is 40.3 Å². The van der Waals surface area contributed by atoms with Gasteiger partial charge in [0.2, 0.25) is 5.91 Å². The van der Waals surface area contributed by atoms with Gasteiger partial charge in [-0.2, -0.15) is 0 Å². The highest BCUT2D eigenvalue weighted by Crippen LogP contribution is 2.27. The molecule has 6 heteroatoms. The smallest absolute Gasteiger partial charge is 0.338 e. The van der Waals surface area contributed by atoms with Gasteiger partial charge in [0.25, 0.3) is 0 Å². The summed E-state index contributed by atoms with van der Waals surface area (Å²) in [6.07, 6.45) is 5.27. The van der Waals surface area contributed by atoms with Gasteiger partial charge >= 0.3 is 5.97 Å². The van der Waals surface area contributed by atoms with Crippen LogP contribution in [0.2, 0.25) is 0 Å². The zero-order chi connectivity index (χ0) is 17.3. The van der Waals surface area contributed by atoms with Crippen LogP contribution in [0, 0.1) is 6.92 Å². The van der Waals surface area contributed by atoms with Crippen molar-refractivity contribution in [3.8, 4) is 0 Å². The molecule has 0 N–H and O–H groups in total. The number of carbonyl (C=O) groups excluding carboxylic acids is 2.